The Labute approximate surface area is 196 Å². The summed E-state index contributed by atoms with van der Waals surface area (Å²) in [6, 6.07) is 13.4. The third-order valence-corrected chi connectivity index (χ3v) is 5.45. The lowest BCUT2D eigenvalue weighted by Crippen LogP contribution is -2.37. The summed E-state index contributed by atoms with van der Waals surface area (Å²) in [6.45, 7) is 7.83. The van der Waals surface area contributed by atoms with Crippen LogP contribution in [-0.4, -0.2) is 42.9 Å². The number of anilines is 1. The van der Waals surface area contributed by atoms with Gasteiger partial charge in [0.05, 0.1) is 6.61 Å². The van der Waals surface area contributed by atoms with E-state index in [9.17, 15) is 4.79 Å². The van der Waals surface area contributed by atoms with Gasteiger partial charge in [-0.25, -0.2) is 4.79 Å². The maximum atomic E-state index is 12.3. The largest absolute Gasteiger partial charge is 0.490 e. The van der Waals surface area contributed by atoms with Crippen LogP contribution in [0.15, 0.2) is 42.5 Å². The van der Waals surface area contributed by atoms with Crippen LogP contribution in [0, 0.1) is 0 Å². The molecule has 1 amide bonds. The van der Waals surface area contributed by atoms with Crippen LogP contribution in [0.4, 0.5) is 10.5 Å². The summed E-state index contributed by atoms with van der Waals surface area (Å²) < 4.78 is 22.9. The number of nitrogen functional groups attached to an aromatic ring is 1. The molecule has 0 aromatic heterocycles. The average molecular weight is 457 g/mol. The zero-order chi connectivity index (χ0) is 23.8. The molecule has 1 atom stereocenters. The van der Waals surface area contributed by atoms with E-state index in [4.69, 9.17) is 24.7 Å². The lowest BCUT2D eigenvalue weighted by atomic mass is 10.1. The van der Waals surface area contributed by atoms with Crippen LogP contribution in [0.25, 0.3) is 0 Å². The molecule has 1 saturated heterocycles. The molecular weight excluding hydrogens is 420 g/mol. The van der Waals surface area contributed by atoms with E-state index < -0.39 is 5.60 Å². The zero-order valence-electron chi connectivity index (χ0n) is 20.1. The van der Waals surface area contributed by atoms with Crippen LogP contribution in [0.5, 0.6) is 11.5 Å². The molecule has 3 rings (SSSR count). The highest BCUT2D eigenvalue weighted by molar-refractivity contribution is 5.68. The number of likely N-dealkylation sites (tertiary alicyclic amines) is 1. The molecule has 1 aliphatic heterocycles. The minimum Gasteiger partial charge on any atom is -0.490 e. The van der Waals surface area contributed by atoms with Gasteiger partial charge in [-0.05, 0) is 69.5 Å². The number of carbonyl (C=O) groups is 1. The minimum absolute atomic E-state index is 0.0601. The van der Waals surface area contributed by atoms with Gasteiger partial charge in [-0.2, -0.15) is 0 Å². The Balaban J connectivity index is 1.51. The van der Waals surface area contributed by atoms with Crippen molar-refractivity contribution < 1.29 is 23.7 Å². The van der Waals surface area contributed by atoms with E-state index >= 15 is 0 Å². The molecule has 1 fully saturated rings. The van der Waals surface area contributed by atoms with Crippen LogP contribution < -0.4 is 15.2 Å². The number of methoxy groups -OCH3 is 1. The van der Waals surface area contributed by atoms with Gasteiger partial charge in [0.25, 0.3) is 0 Å². The maximum Gasteiger partial charge on any atom is 0.410 e. The molecule has 2 N–H and O–H groups in total. The molecule has 0 bridgehead atoms. The lowest BCUT2D eigenvalue weighted by molar-refractivity contribution is 0.0252. The molecule has 1 aliphatic rings. The van der Waals surface area contributed by atoms with Crippen molar-refractivity contribution in [2.24, 2.45) is 0 Å². The Morgan fingerprint density at radius 2 is 1.76 bits per heavy atom. The standard InChI is InChI=1S/C26H36N2O5/c1-26(2,3)33-25(29)28-15-6-8-21(14-16-28)32-22-12-10-20(11-13-22)31-18-23-19(17-30-4)7-5-9-24(23)27/h5,7,9-13,21H,6,8,14-18,27H2,1-4H3. The van der Waals surface area contributed by atoms with Gasteiger partial charge in [0.1, 0.15) is 29.8 Å². The first-order chi connectivity index (χ1) is 15.7. The highest BCUT2D eigenvalue weighted by Gasteiger charge is 2.25. The maximum absolute atomic E-state index is 12.3. The Bertz CT molecular complexity index is 908. The van der Waals surface area contributed by atoms with Crippen molar-refractivity contribution in [3.05, 3.63) is 53.6 Å². The molecule has 0 spiro atoms. The summed E-state index contributed by atoms with van der Waals surface area (Å²) in [5.74, 6) is 1.53. The summed E-state index contributed by atoms with van der Waals surface area (Å²) in [5.41, 5.74) is 8.29. The molecular formula is C26H36N2O5. The van der Waals surface area contributed by atoms with Gasteiger partial charge >= 0.3 is 6.09 Å². The summed E-state index contributed by atoms with van der Waals surface area (Å²) in [4.78, 5) is 14.1. The van der Waals surface area contributed by atoms with Crippen LogP contribution in [0.1, 0.15) is 51.2 Å². The van der Waals surface area contributed by atoms with Crippen molar-refractivity contribution in [1.29, 1.82) is 0 Å². The molecule has 1 unspecified atom stereocenters. The smallest absolute Gasteiger partial charge is 0.410 e. The summed E-state index contributed by atoms with van der Waals surface area (Å²) in [5, 5.41) is 0. The first kappa shape index (κ1) is 24.7. The fourth-order valence-corrected chi connectivity index (χ4v) is 3.78. The highest BCUT2D eigenvalue weighted by atomic mass is 16.6. The van der Waals surface area contributed by atoms with Gasteiger partial charge in [0.2, 0.25) is 0 Å². The summed E-state index contributed by atoms with van der Waals surface area (Å²) >= 11 is 0. The molecule has 0 aliphatic carbocycles. The Morgan fingerprint density at radius 1 is 1.03 bits per heavy atom. The van der Waals surface area contributed by atoms with Crippen LogP contribution in [0.2, 0.25) is 0 Å². The number of rotatable bonds is 7. The first-order valence-corrected chi connectivity index (χ1v) is 11.5. The van der Waals surface area contributed by atoms with Crippen LogP contribution in [-0.2, 0) is 22.7 Å². The number of benzene rings is 2. The molecule has 0 radical (unpaired) electrons. The molecule has 7 nitrogen and oxygen atoms in total. The van der Waals surface area contributed by atoms with Gasteiger partial charge < -0.3 is 29.6 Å². The Kier molecular flexibility index (Phi) is 8.44. The highest BCUT2D eigenvalue weighted by Crippen LogP contribution is 2.25. The molecule has 1 heterocycles. The second kappa shape index (κ2) is 11.3. The topological polar surface area (TPSA) is 83.3 Å². The lowest BCUT2D eigenvalue weighted by Gasteiger charge is -2.26. The number of amides is 1. The molecule has 0 saturated carbocycles. The quantitative estimate of drug-likeness (QED) is 0.579. The fourth-order valence-electron chi connectivity index (χ4n) is 3.78. The number of nitrogens with zero attached hydrogens (tertiary/aromatic N) is 1. The number of carbonyl (C=O) groups excluding carboxylic acids is 1. The van der Waals surface area contributed by atoms with Crippen LogP contribution >= 0.6 is 0 Å². The van der Waals surface area contributed by atoms with Crippen LogP contribution in [0.3, 0.4) is 0 Å². The number of nitrogens with two attached hydrogens (primary N) is 1. The van der Waals surface area contributed by atoms with Crippen molar-refractivity contribution in [1.82, 2.24) is 4.90 Å². The third-order valence-electron chi connectivity index (χ3n) is 5.45. The first-order valence-electron chi connectivity index (χ1n) is 11.5. The normalized spacial score (nSPS) is 16.7. The predicted molar refractivity (Wildman–Crippen MR) is 128 cm³/mol. The second-order valence-corrected chi connectivity index (χ2v) is 9.32. The van der Waals surface area contributed by atoms with Crippen molar-refractivity contribution >= 4 is 11.8 Å². The van der Waals surface area contributed by atoms with E-state index in [2.05, 4.69) is 0 Å². The van der Waals surface area contributed by atoms with E-state index in [-0.39, 0.29) is 12.2 Å². The number of hydrogen-bond donors (Lipinski definition) is 1. The minimum atomic E-state index is -0.485. The summed E-state index contributed by atoms with van der Waals surface area (Å²) in [7, 11) is 1.66. The Morgan fingerprint density at radius 3 is 2.45 bits per heavy atom. The monoisotopic (exact) mass is 456 g/mol. The van der Waals surface area contributed by atoms with Crippen molar-refractivity contribution in [2.45, 2.75) is 65.0 Å². The molecule has 7 heteroatoms. The predicted octanol–water partition coefficient (Wildman–Crippen LogP) is 5.16. The molecule has 180 valence electrons. The van der Waals surface area contributed by atoms with E-state index in [1.807, 2.05) is 63.2 Å². The SMILES string of the molecule is COCc1cccc(N)c1COc1ccc(OC2CCCN(C(=O)OC(C)(C)C)CC2)cc1. The average Bonchev–Trinajstić information content (AvgIpc) is 2.99. The van der Waals surface area contributed by atoms with Gasteiger partial charge in [-0.15, -0.1) is 0 Å². The van der Waals surface area contributed by atoms with Crippen molar-refractivity contribution in [3.63, 3.8) is 0 Å². The zero-order valence-corrected chi connectivity index (χ0v) is 20.1. The number of hydrogen-bond acceptors (Lipinski definition) is 6. The number of ether oxygens (including phenoxy) is 4. The van der Waals surface area contributed by atoms with Gasteiger partial charge in [0.15, 0.2) is 0 Å². The Hall–Kier alpha value is -2.93. The van der Waals surface area contributed by atoms with Crippen molar-refractivity contribution in [3.8, 4) is 11.5 Å². The fraction of sp³-hybridized carbons (Fsp3) is 0.500. The molecule has 2 aromatic carbocycles. The van der Waals surface area contributed by atoms with E-state index in [0.29, 0.717) is 32.0 Å². The summed E-state index contributed by atoms with van der Waals surface area (Å²) in [6.07, 6.45) is 2.36. The van der Waals surface area contributed by atoms with Gasteiger partial charge in [0, 0.05) is 37.9 Å². The van der Waals surface area contributed by atoms with Gasteiger partial charge in [-0.3, -0.25) is 0 Å². The third kappa shape index (κ3) is 7.56. The second-order valence-electron chi connectivity index (χ2n) is 9.32. The molecule has 2 aromatic rings. The van der Waals surface area contributed by atoms with Gasteiger partial charge in [-0.1, -0.05) is 12.1 Å². The van der Waals surface area contributed by atoms with E-state index in [0.717, 1.165) is 41.9 Å². The van der Waals surface area contributed by atoms with Crippen molar-refractivity contribution in [2.75, 3.05) is 25.9 Å². The molecule has 33 heavy (non-hydrogen) atoms. The van der Waals surface area contributed by atoms with E-state index in [1.54, 1.807) is 12.0 Å². The van der Waals surface area contributed by atoms with E-state index in [1.165, 1.54) is 0 Å².